The third-order valence-corrected chi connectivity index (χ3v) is 4.22. The largest absolute Gasteiger partial charge is 0.481 e. The van der Waals surface area contributed by atoms with E-state index in [0.717, 1.165) is 25.7 Å². The lowest BCUT2D eigenvalue weighted by Gasteiger charge is -2.33. The first-order valence-corrected chi connectivity index (χ1v) is 7.51. The second kappa shape index (κ2) is 6.92. The number of carbonyl (C=O) groups excluding carboxylic acids is 1. The zero-order valence-corrected chi connectivity index (χ0v) is 12.0. The second-order valence-corrected chi connectivity index (χ2v) is 5.60. The molecule has 2 fully saturated rings. The Morgan fingerprint density at radius 3 is 2.70 bits per heavy atom. The Bertz CT molecular complexity index is 359. The van der Waals surface area contributed by atoms with Crippen LogP contribution in [0.2, 0.25) is 0 Å². The summed E-state index contributed by atoms with van der Waals surface area (Å²) in [4.78, 5) is 24.7. The summed E-state index contributed by atoms with van der Waals surface area (Å²) in [5, 5.41) is 12.0. The van der Waals surface area contributed by atoms with Crippen molar-refractivity contribution in [3.8, 4) is 0 Å². The number of carboxylic acids is 1. The molecule has 1 saturated carbocycles. The molecule has 20 heavy (non-hydrogen) atoms. The molecule has 2 rings (SSSR count). The minimum Gasteiger partial charge on any atom is -0.481 e. The summed E-state index contributed by atoms with van der Waals surface area (Å²) in [6.07, 6.45) is 4.80. The summed E-state index contributed by atoms with van der Waals surface area (Å²) in [5.41, 5.74) is 0. The van der Waals surface area contributed by atoms with E-state index in [2.05, 4.69) is 5.32 Å². The van der Waals surface area contributed by atoms with E-state index in [9.17, 15) is 9.59 Å². The van der Waals surface area contributed by atoms with Crippen molar-refractivity contribution in [2.75, 3.05) is 19.7 Å². The van der Waals surface area contributed by atoms with Crippen molar-refractivity contribution >= 4 is 12.0 Å². The van der Waals surface area contributed by atoms with E-state index in [1.54, 1.807) is 4.90 Å². The van der Waals surface area contributed by atoms with Gasteiger partial charge in [-0.2, -0.15) is 0 Å². The van der Waals surface area contributed by atoms with Crippen LogP contribution in [-0.2, 0) is 9.53 Å². The molecule has 3 atom stereocenters. The second-order valence-electron chi connectivity index (χ2n) is 5.60. The molecule has 0 bridgehead atoms. The Labute approximate surface area is 119 Å². The third kappa shape index (κ3) is 3.62. The quantitative estimate of drug-likeness (QED) is 0.819. The maximum absolute atomic E-state index is 12.2. The Kier molecular flexibility index (Phi) is 5.23. The van der Waals surface area contributed by atoms with Gasteiger partial charge in [0, 0.05) is 19.7 Å². The smallest absolute Gasteiger partial charge is 0.317 e. The number of nitrogens with one attached hydrogen (secondary N) is 1. The summed E-state index contributed by atoms with van der Waals surface area (Å²) in [7, 11) is 0. The number of amides is 2. The molecule has 1 heterocycles. The highest BCUT2D eigenvalue weighted by molar-refractivity contribution is 5.77. The van der Waals surface area contributed by atoms with Crippen LogP contribution in [0.25, 0.3) is 0 Å². The van der Waals surface area contributed by atoms with Gasteiger partial charge in [0.05, 0.1) is 18.1 Å². The molecule has 2 aliphatic rings. The molecule has 2 N–H and O–H groups in total. The zero-order chi connectivity index (χ0) is 14.5. The molecule has 0 aromatic heterocycles. The van der Waals surface area contributed by atoms with E-state index in [4.69, 9.17) is 9.84 Å². The van der Waals surface area contributed by atoms with E-state index in [-0.39, 0.29) is 18.2 Å². The van der Waals surface area contributed by atoms with E-state index >= 15 is 0 Å². The van der Waals surface area contributed by atoms with E-state index in [1.807, 2.05) is 6.92 Å². The molecule has 1 unspecified atom stereocenters. The van der Waals surface area contributed by atoms with Gasteiger partial charge in [0.25, 0.3) is 0 Å². The van der Waals surface area contributed by atoms with Crippen molar-refractivity contribution in [3.05, 3.63) is 0 Å². The molecule has 0 aromatic carbocycles. The molecule has 1 aliphatic carbocycles. The van der Waals surface area contributed by atoms with Crippen molar-refractivity contribution in [3.63, 3.8) is 0 Å². The van der Waals surface area contributed by atoms with Gasteiger partial charge in [0.2, 0.25) is 0 Å². The van der Waals surface area contributed by atoms with Gasteiger partial charge in [0.15, 0.2) is 0 Å². The molecule has 0 radical (unpaired) electrons. The summed E-state index contributed by atoms with van der Waals surface area (Å²) < 4.78 is 5.69. The number of ether oxygens (including phenoxy) is 1. The first-order valence-electron chi connectivity index (χ1n) is 7.51. The van der Waals surface area contributed by atoms with Gasteiger partial charge in [-0.15, -0.1) is 0 Å². The molecular weight excluding hydrogens is 260 g/mol. The fourth-order valence-electron chi connectivity index (χ4n) is 3.07. The minimum absolute atomic E-state index is 0.0556. The van der Waals surface area contributed by atoms with Crippen LogP contribution >= 0.6 is 0 Å². The molecule has 2 amide bonds. The number of urea groups is 1. The van der Waals surface area contributed by atoms with E-state index < -0.39 is 11.9 Å². The van der Waals surface area contributed by atoms with Crippen LogP contribution in [0.4, 0.5) is 4.79 Å². The maximum Gasteiger partial charge on any atom is 0.317 e. The topological polar surface area (TPSA) is 78.9 Å². The Morgan fingerprint density at radius 2 is 2.05 bits per heavy atom. The predicted octanol–water partition coefficient (Wildman–Crippen LogP) is 1.45. The Morgan fingerprint density at radius 1 is 1.30 bits per heavy atom. The van der Waals surface area contributed by atoms with Gasteiger partial charge < -0.3 is 20.1 Å². The number of hydrogen-bond donors (Lipinski definition) is 2. The Hall–Kier alpha value is -1.30. The zero-order valence-electron chi connectivity index (χ0n) is 12.0. The SMILES string of the molecule is CCO[C@@H]1CCCC[C@H]1NC(=O)N1CCC(C(=O)O)C1. The molecule has 1 saturated heterocycles. The summed E-state index contributed by atoms with van der Waals surface area (Å²) >= 11 is 0. The van der Waals surface area contributed by atoms with Crippen LogP contribution in [0.3, 0.4) is 0 Å². The average molecular weight is 284 g/mol. The molecule has 6 nitrogen and oxygen atoms in total. The number of carbonyl (C=O) groups is 2. The van der Waals surface area contributed by atoms with Crippen LogP contribution in [-0.4, -0.2) is 53.8 Å². The lowest BCUT2D eigenvalue weighted by Crippen LogP contribution is -2.50. The van der Waals surface area contributed by atoms with Crippen LogP contribution < -0.4 is 5.32 Å². The molecule has 0 spiro atoms. The monoisotopic (exact) mass is 284 g/mol. The minimum atomic E-state index is -0.815. The number of hydrogen-bond acceptors (Lipinski definition) is 3. The lowest BCUT2D eigenvalue weighted by atomic mass is 9.92. The maximum atomic E-state index is 12.2. The van der Waals surface area contributed by atoms with Gasteiger partial charge in [0.1, 0.15) is 0 Å². The highest BCUT2D eigenvalue weighted by Gasteiger charge is 2.33. The van der Waals surface area contributed by atoms with Gasteiger partial charge >= 0.3 is 12.0 Å². The third-order valence-electron chi connectivity index (χ3n) is 4.22. The number of rotatable bonds is 4. The van der Waals surface area contributed by atoms with E-state index in [1.165, 1.54) is 0 Å². The standard InChI is InChI=1S/C14H24N2O4/c1-2-20-12-6-4-3-5-11(12)15-14(19)16-8-7-10(9-16)13(17)18/h10-12H,2-9H2,1H3,(H,15,19)(H,17,18)/t10?,11-,12-/m1/s1. The van der Waals surface area contributed by atoms with Gasteiger partial charge in [-0.3, -0.25) is 4.79 Å². The average Bonchev–Trinajstić information content (AvgIpc) is 2.91. The predicted molar refractivity (Wildman–Crippen MR) is 73.5 cm³/mol. The number of likely N-dealkylation sites (tertiary alicyclic amines) is 1. The molecule has 0 aromatic rings. The summed E-state index contributed by atoms with van der Waals surface area (Å²) in [6, 6.07) is -0.0922. The van der Waals surface area contributed by atoms with Crippen molar-refractivity contribution < 1.29 is 19.4 Å². The molecule has 6 heteroatoms. The summed E-state index contributed by atoms with van der Waals surface area (Å²) in [6.45, 7) is 3.45. The van der Waals surface area contributed by atoms with Crippen LogP contribution in [0, 0.1) is 5.92 Å². The number of nitrogens with zero attached hydrogens (tertiary/aromatic N) is 1. The van der Waals surface area contributed by atoms with Crippen molar-refractivity contribution in [2.24, 2.45) is 5.92 Å². The van der Waals surface area contributed by atoms with Gasteiger partial charge in [-0.05, 0) is 26.2 Å². The summed E-state index contributed by atoms with van der Waals surface area (Å²) in [5.74, 6) is -1.24. The first-order chi connectivity index (χ1) is 9.61. The normalized spacial score (nSPS) is 30.2. The molecule has 114 valence electrons. The van der Waals surface area contributed by atoms with Crippen molar-refractivity contribution in [2.45, 2.75) is 51.2 Å². The lowest BCUT2D eigenvalue weighted by molar-refractivity contribution is -0.141. The van der Waals surface area contributed by atoms with Crippen molar-refractivity contribution in [1.82, 2.24) is 10.2 Å². The molecule has 1 aliphatic heterocycles. The number of carboxylic acid groups (broad SMARTS) is 1. The fraction of sp³-hybridized carbons (Fsp3) is 0.857. The highest BCUT2D eigenvalue weighted by atomic mass is 16.5. The fourth-order valence-corrected chi connectivity index (χ4v) is 3.07. The highest BCUT2D eigenvalue weighted by Crippen LogP contribution is 2.22. The first kappa shape index (κ1) is 15.1. The van der Waals surface area contributed by atoms with Crippen LogP contribution in [0.1, 0.15) is 39.0 Å². The van der Waals surface area contributed by atoms with Gasteiger partial charge in [-0.25, -0.2) is 4.79 Å². The van der Waals surface area contributed by atoms with E-state index in [0.29, 0.717) is 26.1 Å². The molecular formula is C14H24N2O4. The number of aliphatic carboxylic acids is 1. The van der Waals surface area contributed by atoms with Gasteiger partial charge in [-0.1, -0.05) is 12.8 Å². The van der Waals surface area contributed by atoms with Crippen LogP contribution in [0.5, 0.6) is 0 Å². The van der Waals surface area contributed by atoms with Crippen molar-refractivity contribution in [1.29, 1.82) is 0 Å². The Balaban J connectivity index is 1.85. The van der Waals surface area contributed by atoms with Crippen LogP contribution in [0.15, 0.2) is 0 Å².